The maximum absolute atomic E-state index is 12.5. The third kappa shape index (κ3) is 3.86. The molecule has 11 heavy (non-hydrogen) atoms. The van der Waals surface area contributed by atoms with Crippen LogP contribution in [0.3, 0.4) is 0 Å². The van der Waals surface area contributed by atoms with E-state index in [9.17, 15) is 8.78 Å². The lowest BCUT2D eigenvalue weighted by atomic mass is 10.2. The Morgan fingerprint density at radius 1 is 1.36 bits per heavy atom. The van der Waals surface area contributed by atoms with Crippen molar-refractivity contribution in [2.45, 2.75) is 33.6 Å². The lowest BCUT2D eigenvalue weighted by Gasteiger charge is -2.08. The van der Waals surface area contributed by atoms with E-state index in [0.29, 0.717) is 5.70 Å². The second-order valence-electron chi connectivity index (χ2n) is 2.52. The Labute approximate surface area is 65.8 Å². The van der Waals surface area contributed by atoms with E-state index in [2.05, 4.69) is 4.99 Å². The quantitative estimate of drug-likeness (QED) is 0.552. The standard InChI is InChI=1S/C8H13F2N/c1-5-6(2)11-7(3)8(4,9)10/h5H,1-4H3/b6-5-,11-7?. The molecule has 0 rings (SSSR count). The largest absolute Gasteiger partial charge is 0.282 e. The van der Waals surface area contributed by atoms with Crippen LogP contribution in [0.25, 0.3) is 0 Å². The summed E-state index contributed by atoms with van der Waals surface area (Å²) in [4.78, 5) is 3.69. The average Bonchev–Trinajstić information content (AvgIpc) is 1.85. The van der Waals surface area contributed by atoms with Crippen molar-refractivity contribution in [1.29, 1.82) is 0 Å². The normalized spacial score (nSPS) is 15.5. The molecule has 0 spiro atoms. The summed E-state index contributed by atoms with van der Waals surface area (Å²) in [6, 6.07) is 0. The van der Waals surface area contributed by atoms with Gasteiger partial charge in [-0.05, 0) is 20.8 Å². The number of nitrogens with zero attached hydrogens (tertiary/aromatic N) is 1. The van der Waals surface area contributed by atoms with Gasteiger partial charge in [-0.25, -0.2) is 8.78 Å². The highest BCUT2D eigenvalue weighted by Gasteiger charge is 2.25. The monoisotopic (exact) mass is 161 g/mol. The molecule has 0 aliphatic carbocycles. The van der Waals surface area contributed by atoms with Gasteiger partial charge in [0.05, 0.1) is 5.71 Å². The minimum absolute atomic E-state index is 0.145. The van der Waals surface area contributed by atoms with Crippen LogP contribution in [0.15, 0.2) is 16.8 Å². The van der Waals surface area contributed by atoms with Crippen LogP contribution in [0, 0.1) is 0 Å². The second-order valence-corrected chi connectivity index (χ2v) is 2.52. The number of rotatable bonds is 2. The van der Waals surface area contributed by atoms with Crippen molar-refractivity contribution >= 4 is 5.71 Å². The third-order valence-electron chi connectivity index (χ3n) is 1.40. The molecule has 0 atom stereocenters. The number of alkyl halides is 2. The SMILES string of the molecule is C/C=C(/C)N=C(C)C(C)(F)F. The molecule has 0 aromatic rings. The van der Waals surface area contributed by atoms with Crippen molar-refractivity contribution in [2.75, 3.05) is 0 Å². The van der Waals surface area contributed by atoms with Gasteiger partial charge in [0.1, 0.15) is 0 Å². The Hall–Kier alpha value is -0.730. The van der Waals surface area contributed by atoms with Crippen LogP contribution in [0.4, 0.5) is 8.78 Å². The van der Waals surface area contributed by atoms with Crippen LogP contribution in [-0.4, -0.2) is 11.6 Å². The van der Waals surface area contributed by atoms with E-state index in [-0.39, 0.29) is 5.71 Å². The molecule has 0 aromatic carbocycles. The van der Waals surface area contributed by atoms with Gasteiger partial charge < -0.3 is 0 Å². The van der Waals surface area contributed by atoms with Crippen LogP contribution in [0.2, 0.25) is 0 Å². The second kappa shape index (κ2) is 3.60. The molecule has 0 amide bonds. The minimum atomic E-state index is -2.80. The zero-order valence-electron chi connectivity index (χ0n) is 7.28. The van der Waals surface area contributed by atoms with Crippen molar-refractivity contribution in [3.8, 4) is 0 Å². The highest BCUT2D eigenvalue weighted by atomic mass is 19.3. The van der Waals surface area contributed by atoms with Gasteiger partial charge in [0.15, 0.2) is 0 Å². The maximum atomic E-state index is 12.5. The Morgan fingerprint density at radius 2 is 1.82 bits per heavy atom. The van der Waals surface area contributed by atoms with Crippen molar-refractivity contribution in [3.63, 3.8) is 0 Å². The fraction of sp³-hybridized carbons (Fsp3) is 0.625. The molecule has 0 fully saturated rings. The molecular weight excluding hydrogens is 148 g/mol. The fourth-order valence-corrected chi connectivity index (χ4v) is 0.427. The first kappa shape index (κ1) is 10.3. The summed E-state index contributed by atoms with van der Waals surface area (Å²) in [7, 11) is 0. The first-order chi connectivity index (χ1) is 4.88. The Morgan fingerprint density at radius 3 is 2.09 bits per heavy atom. The van der Waals surface area contributed by atoms with Crippen LogP contribution in [-0.2, 0) is 0 Å². The van der Waals surface area contributed by atoms with Gasteiger partial charge in [-0.3, -0.25) is 4.99 Å². The Bertz CT molecular complexity index is 187. The van der Waals surface area contributed by atoms with Crippen LogP contribution >= 0.6 is 0 Å². The van der Waals surface area contributed by atoms with E-state index < -0.39 is 5.92 Å². The molecule has 0 aromatic heterocycles. The summed E-state index contributed by atoms with van der Waals surface area (Å²) in [5.74, 6) is -2.80. The van der Waals surface area contributed by atoms with Crippen LogP contribution in [0.5, 0.6) is 0 Å². The van der Waals surface area contributed by atoms with Gasteiger partial charge in [-0.1, -0.05) is 6.08 Å². The molecule has 3 heteroatoms. The highest BCUT2D eigenvalue weighted by Crippen LogP contribution is 2.15. The first-order valence-electron chi connectivity index (χ1n) is 3.44. The summed E-state index contributed by atoms with van der Waals surface area (Å²) in [6.45, 7) is 5.62. The molecule has 64 valence electrons. The summed E-state index contributed by atoms with van der Waals surface area (Å²) in [5.41, 5.74) is 0.470. The topological polar surface area (TPSA) is 12.4 Å². The average molecular weight is 161 g/mol. The van der Waals surface area contributed by atoms with E-state index in [1.165, 1.54) is 6.92 Å². The number of hydrogen-bond acceptors (Lipinski definition) is 1. The van der Waals surface area contributed by atoms with Gasteiger partial charge in [0.25, 0.3) is 5.92 Å². The van der Waals surface area contributed by atoms with Crippen molar-refractivity contribution < 1.29 is 8.78 Å². The lowest BCUT2D eigenvalue weighted by Crippen LogP contribution is -2.21. The molecule has 0 unspecified atom stereocenters. The predicted molar refractivity (Wildman–Crippen MR) is 43.2 cm³/mol. The van der Waals surface area contributed by atoms with E-state index in [1.54, 1.807) is 19.9 Å². The predicted octanol–water partition coefficient (Wildman–Crippen LogP) is 3.03. The van der Waals surface area contributed by atoms with Crippen molar-refractivity contribution in [2.24, 2.45) is 4.99 Å². The van der Waals surface area contributed by atoms with Crippen LogP contribution < -0.4 is 0 Å². The van der Waals surface area contributed by atoms with E-state index in [0.717, 1.165) is 6.92 Å². The third-order valence-corrected chi connectivity index (χ3v) is 1.40. The first-order valence-corrected chi connectivity index (χ1v) is 3.44. The van der Waals surface area contributed by atoms with Crippen molar-refractivity contribution in [3.05, 3.63) is 11.8 Å². The molecule has 0 radical (unpaired) electrons. The zero-order chi connectivity index (χ0) is 9.07. The molecule has 0 saturated heterocycles. The smallest absolute Gasteiger partial charge is 0.257 e. The van der Waals surface area contributed by atoms with Gasteiger partial charge in [-0.15, -0.1) is 0 Å². The zero-order valence-corrected chi connectivity index (χ0v) is 7.28. The van der Waals surface area contributed by atoms with Gasteiger partial charge in [0, 0.05) is 12.6 Å². The highest BCUT2D eigenvalue weighted by molar-refractivity contribution is 5.89. The molecular formula is C8H13F2N. The molecule has 0 saturated carbocycles. The lowest BCUT2D eigenvalue weighted by molar-refractivity contribution is 0.0997. The van der Waals surface area contributed by atoms with Gasteiger partial charge in [-0.2, -0.15) is 0 Å². The van der Waals surface area contributed by atoms with Gasteiger partial charge in [0.2, 0.25) is 0 Å². The number of allylic oxidation sites excluding steroid dienone is 2. The Balaban J connectivity index is 4.48. The maximum Gasteiger partial charge on any atom is 0.282 e. The van der Waals surface area contributed by atoms with Crippen LogP contribution in [0.1, 0.15) is 27.7 Å². The van der Waals surface area contributed by atoms with E-state index in [4.69, 9.17) is 0 Å². The number of aliphatic imine (C=N–C) groups is 1. The molecule has 0 aliphatic heterocycles. The molecule has 0 N–H and O–H groups in total. The summed E-state index contributed by atoms with van der Waals surface area (Å²) in [6.07, 6.45) is 1.69. The van der Waals surface area contributed by atoms with Gasteiger partial charge >= 0.3 is 0 Å². The number of halogens is 2. The summed E-state index contributed by atoms with van der Waals surface area (Å²) < 4.78 is 24.9. The fourth-order valence-electron chi connectivity index (χ4n) is 0.427. The van der Waals surface area contributed by atoms with Crippen molar-refractivity contribution in [1.82, 2.24) is 0 Å². The molecule has 0 heterocycles. The Kier molecular flexibility index (Phi) is 3.36. The summed E-state index contributed by atoms with van der Waals surface area (Å²) in [5, 5.41) is 0. The van der Waals surface area contributed by atoms with E-state index in [1.807, 2.05) is 0 Å². The molecule has 0 aliphatic rings. The summed E-state index contributed by atoms with van der Waals surface area (Å²) >= 11 is 0. The minimum Gasteiger partial charge on any atom is -0.257 e. The number of hydrogen-bond donors (Lipinski definition) is 0. The van der Waals surface area contributed by atoms with E-state index >= 15 is 0 Å². The molecule has 1 nitrogen and oxygen atoms in total. The molecule has 0 bridgehead atoms.